The van der Waals surface area contributed by atoms with E-state index in [1.165, 1.54) is 0 Å². The first kappa shape index (κ1) is 14.6. The van der Waals surface area contributed by atoms with Crippen LogP contribution in [-0.2, 0) is 0 Å². The molecule has 0 saturated heterocycles. The van der Waals surface area contributed by atoms with Crippen LogP contribution in [0.4, 0.5) is 0 Å². The van der Waals surface area contributed by atoms with Crippen LogP contribution < -0.4 is 14.8 Å². The van der Waals surface area contributed by atoms with Gasteiger partial charge in [-0.25, -0.2) is 0 Å². The van der Waals surface area contributed by atoms with Gasteiger partial charge in [-0.15, -0.1) is 0 Å². The summed E-state index contributed by atoms with van der Waals surface area (Å²) in [4.78, 5) is 0. The van der Waals surface area contributed by atoms with E-state index < -0.39 is 0 Å². The van der Waals surface area contributed by atoms with E-state index in [0.29, 0.717) is 6.61 Å². The fraction of sp³-hybridized carbons (Fsp3) is 0.467. The summed E-state index contributed by atoms with van der Waals surface area (Å²) in [6.07, 6.45) is 5.18. The Bertz CT molecular complexity index is 375. The summed E-state index contributed by atoms with van der Waals surface area (Å²) in [5.41, 5.74) is 1.12. The minimum Gasteiger partial charge on any atom is -0.493 e. The molecule has 0 unspecified atom stereocenters. The molecular weight excluding hydrogens is 226 g/mol. The van der Waals surface area contributed by atoms with Crippen LogP contribution in [0, 0.1) is 0 Å². The first-order valence-corrected chi connectivity index (χ1v) is 6.49. The molecule has 0 radical (unpaired) electrons. The average Bonchev–Trinajstić information content (AvgIpc) is 2.41. The zero-order chi connectivity index (χ0) is 13.2. The lowest BCUT2D eigenvalue weighted by Gasteiger charge is -2.10. The normalized spacial score (nSPS) is 10.8. The Hall–Kier alpha value is -1.48. The standard InChI is InChI=1S/C15H23NO2/c1-4-11-18-15-12-13(7-6-10-16-5-2)8-9-14(15)17-3/h6-9,12,16H,4-5,10-11H2,1-3H3. The minimum atomic E-state index is 0.709. The van der Waals surface area contributed by atoms with Crippen molar-refractivity contribution in [1.82, 2.24) is 5.32 Å². The van der Waals surface area contributed by atoms with Crippen molar-refractivity contribution < 1.29 is 9.47 Å². The molecule has 3 heteroatoms. The van der Waals surface area contributed by atoms with Crippen molar-refractivity contribution >= 4 is 6.08 Å². The Balaban J connectivity index is 2.72. The number of ether oxygens (including phenoxy) is 2. The predicted octanol–water partition coefficient (Wildman–Crippen LogP) is 3.11. The van der Waals surface area contributed by atoms with Crippen molar-refractivity contribution in [3.8, 4) is 11.5 Å². The Kier molecular flexibility index (Phi) is 6.96. The predicted molar refractivity (Wildman–Crippen MR) is 76.4 cm³/mol. The van der Waals surface area contributed by atoms with E-state index in [1.54, 1.807) is 7.11 Å². The summed E-state index contributed by atoms with van der Waals surface area (Å²) in [6, 6.07) is 5.98. The molecule has 0 aromatic heterocycles. The molecular formula is C15H23NO2. The molecule has 1 N–H and O–H groups in total. The third-order valence-corrected chi connectivity index (χ3v) is 2.47. The fourth-order valence-electron chi connectivity index (χ4n) is 1.54. The van der Waals surface area contributed by atoms with Crippen molar-refractivity contribution in [1.29, 1.82) is 0 Å². The molecule has 18 heavy (non-hydrogen) atoms. The van der Waals surface area contributed by atoms with Gasteiger partial charge in [0.2, 0.25) is 0 Å². The maximum atomic E-state index is 5.67. The van der Waals surface area contributed by atoms with Crippen LogP contribution in [0.3, 0.4) is 0 Å². The maximum Gasteiger partial charge on any atom is 0.161 e. The zero-order valence-corrected chi connectivity index (χ0v) is 11.5. The highest BCUT2D eigenvalue weighted by molar-refractivity contribution is 5.56. The van der Waals surface area contributed by atoms with Gasteiger partial charge in [-0.05, 0) is 30.7 Å². The van der Waals surface area contributed by atoms with E-state index in [1.807, 2.05) is 18.2 Å². The second kappa shape index (κ2) is 8.59. The molecule has 0 heterocycles. The molecule has 3 nitrogen and oxygen atoms in total. The van der Waals surface area contributed by atoms with Crippen LogP contribution >= 0.6 is 0 Å². The number of hydrogen-bond donors (Lipinski definition) is 1. The van der Waals surface area contributed by atoms with Gasteiger partial charge in [0.05, 0.1) is 13.7 Å². The monoisotopic (exact) mass is 249 g/mol. The molecule has 1 rings (SSSR count). The van der Waals surface area contributed by atoms with Gasteiger partial charge < -0.3 is 14.8 Å². The summed E-state index contributed by atoms with van der Waals surface area (Å²) in [7, 11) is 1.66. The summed E-state index contributed by atoms with van der Waals surface area (Å²) < 4.78 is 10.9. The highest BCUT2D eigenvalue weighted by Gasteiger charge is 2.03. The minimum absolute atomic E-state index is 0.709. The van der Waals surface area contributed by atoms with Crippen LogP contribution in [0.1, 0.15) is 25.8 Å². The smallest absolute Gasteiger partial charge is 0.161 e. The topological polar surface area (TPSA) is 30.5 Å². The lowest BCUT2D eigenvalue weighted by Crippen LogP contribution is -2.11. The molecule has 0 saturated carbocycles. The number of hydrogen-bond acceptors (Lipinski definition) is 3. The first-order chi connectivity index (χ1) is 8.81. The van der Waals surface area contributed by atoms with E-state index in [9.17, 15) is 0 Å². The number of benzene rings is 1. The van der Waals surface area contributed by atoms with Gasteiger partial charge in [-0.3, -0.25) is 0 Å². The maximum absolute atomic E-state index is 5.67. The lowest BCUT2D eigenvalue weighted by molar-refractivity contribution is 0.294. The Morgan fingerprint density at radius 3 is 2.72 bits per heavy atom. The van der Waals surface area contributed by atoms with Gasteiger partial charge in [0, 0.05) is 6.54 Å². The lowest BCUT2D eigenvalue weighted by atomic mass is 10.2. The molecule has 1 aromatic carbocycles. The molecule has 1 aromatic rings. The van der Waals surface area contributed by atoms with Gasteiger partial charge in [0.1, 0.15) is 0 Å². The molecule has 0 aliphatic heterocycles. The van der Waals surface area contributed by atoms with Crippen LogP contribution in [0.5, 0.6) is 11.5 Å². The van der Waals surface area contributed by atoms with Crippen molar-refractivity contribution in [2.75, 3.05) is 26.8 Å². The summed E-state index contributed by atoms with van der Waals surface area (Å²) >= 11 is 0. The van der Waals surface area contributed by atoms with Crippen LogP contribution in [0.2, 0.25) is 0 Å². The molecule has 0 aliphatic carbocycles. The van der Waals surface area contributed by atoms with Crippen molar-refractivity contribution in [3.05, 3.63) is 29.8 Å². The van der Waals surface area contributed by atoms with Crippen LogP contribution in [0.15, 0.2) is 24.3 Å². The summed E-state index contributed by atoms with van der Waals surface area (Å²) in [6.45, 7) is 6.76. The highest BCUT2D eigenvalue weighted by Crippen LogP contribution is 2.28. The molecule has 0 spiro atoms. The number of methoxy groups -OCH3 is 1. The third-order valence-electron chi connectivity index (χ3n) is 2.47. The molecule has 0 aliphatic rings. The summed E-state index contributed by atoms with van der Waals surface area (Å²) in [5, 5.41) is 3.25. The Labute approximate surface area is 110 Å². The third kappa shape index (κ3) is 4.80. The van der Waals surface area contributed by atoms with Crippen LogP contribution in [0.25, 0.3) is 6.08 Å². The summed E-state index contributed by atoms with van der Waals surface area (Å²) in [5.74, 6) is 1.59. The number of nitrogens with one attached hydrogen (secondary N) is 1. The van der Waals surface area contributed by atoms with E-state index in [2.05, 4.69) is 31.3 Å². The average molecular weight is 249 g/mol. The van der Waals surface area contributed by atoms with Crippen molar-refractivity contribution in [2.24, 2.45) is 0 Å². The Morgan fingerprint density at radius 2 is 2.06 bits per heavy atom. The molecule has 0 amide bonds. The van der Waals surface area contributed by atoms with Crippen molar-refractivity contribution in [3.63, 3.8) is 0 Å². The van der Waals surface area contributed by atoms with Crippen molar-refractivity contribution in [2.45, 2.75) is 20.3 Å². The highest BCUT2D eigenvalue weighted by atomic mass is 16.5. The largest absolute Gasteiger partial charge is 0.493 e. The number of rotatable bonds is 8. The second-order valence-corrected chi connectivity index (χ2v) is 3.97. The molecule has 0 bridgehead atoms. The van der Waals surface area contributed by atoms with E-state index in [0.717, 1.165) is 36.6 Å². The quantitative estimate of drug-likeness (QED) is 0.718. The SMILES string of the molecule is CCCOc1cc(C=CCNCC)ccc1OC. The van der Waals surface area contributed by atoms with Gasteiger partial charge >= 0.3 is 0 Å². The van der Waals surface area contributed by atoms with Gasteiger partial charge in [-0.2, -0.15) is 0 Å². The second-order valence-electron chi connectivity index (χ2n) is 3.97. The Morgan fingerprint density at radius 1 is 1.22 bits per heavy atom. The van der Waals surface area contributed by atoms with E-state index in [4.69, 9.17) is 9.47 Å². The van der Waals surface area contributed by atoms with Gasteiger partial charge in [0.15, 0.2) is 11.5 Å². The van der Waals surface area contributed by atoms with E-state index >= 15 is 0 Å². The van der Waals surface area contributed by atoms with E-state index in [-0.39, 0.29) is 0 Å². The fourth-order valence-corrected chi connectivity index (χ4v) is 1.54. The van der Waals surface area contributed by atoms with Gasteiger partial charge in [0.25, 0.3) is 0 Å². The molecule has 100 valence electrons. The molecule has 0 fully saturated rings. The van der Waals surface area contributed by atoms with Crippen LogP contribution in [-0.4, -0.2) is 26.8 Å². The molecule has 0 atom stereocenters. The number of likely N-dealkylation sites (N-methyl/N-ethyl adjacent to an activating group) is 1. The zero-order valence-electron chi connectivity index (χ0n) is 11.5. The van der Waals surface area contributed by atoms with Gasteiger partial charge in [-0.1, -0.05) is 32.1 Å². The first-order valence-electron chi connectivity index (χ1n) is 6.49.